The van der Waals surface area contributed by atoms with Crippen molar-refractivity contribution in [1.29, 1.82) is 0 Å². The lowest BCUT2D eigenvalue weighted by molar-refractivity contribution is -0.130. The number of hydrogen-bond donors (Lipinski definition) is 0. The fourth-order valence-corrected chi connectivity index (χ4v) is 6.01. The summed E-state index contributed by atoms with van der Waals surface area (Å²) in [6.07, 6.45) is 2.45. The number of aromatic nitrogens is 2. The molecule has 0 bridgehead atoms. The fraction of sp³-hybridized carbons (Fsp3) is 0.533. The Kier molecular flexibility index (Phi) is 4.59. The summed E-state index contributed by atoms with van der Waals surface area (Å²) in [5, 5.41) is 10.2. The van der Waals surface area contributed by atoms with E-state index in [0.29, 0.717) is 17.5 Å². The Morgan fingerprint density at radius 1 is 1.32 bits per heavy atom. The third-order valence-electron chi connectivity index (χ3n) is 4.29. The standard InChI is InChI=1S/C15H17N3O4S3/c19-13(18(10-3-4-10)11-5-7-25(20,21)9-11)8-24-15-17-16-14(22-15)12-2-1-6-23-12/h1-2,6,10-11H,3-5,7-9H2/t11-/m0/s1. The number of amides is 1. The average Bonchev–Trinajstić information content (AvgIpc) is 3.00. The van der Waals surface area contributed by atoms with E-state index in [4.69, 9.17) is 4.42 Å². The summed E-state index contributed by atoms with van der Waals surface area (Å²) >= 11 is 2.71. The zero-order valence-corrected chi connectivity index (χ0v) is 15.8. The van der Waals surface area contributed by atoms with Crippen LogP contribution >= 0.6 is 23.1 Å². The van der Waals surface area contributed by atoms with Crippen molar-refractivity contribution in [3.8, 4) is 10.8 Å². The fourth-order valence-electron chi connectivity index (χ4n) is 3.02. The van der Waals surface area contributed by atoms with Crippen LogP contribution in [0.25, 0.3) is 10.8 Å². The van der Waals surface area contributed by atoms with Crippen LogP contribution in [0.4, 0.5) is 0 Å². The highest BCUT2D eigenvalue weighted by molar-refractivity contribution is 7.99. The van der Waals surface area contributed by atoms with Crippen molar-refractivity contribution < 1.29 is 17.6 Å². The van der Waals surface area contributed by atoms with Crippen molar-refractivity contribution in [1.82, 2.24) is 15.1 Å². The molecule has 134 valence electrons. The van der Waals surface area contributed by atoms with Gasteiger partial charge in [-0.05, 0) is 30.7 Å². The number of nitrogens with zero attached hydrogens (tertiary/aromatic N) is 3. The lowest BCUT2D eigenvalue weighted by Gasteiger charge is -2.28. The van der Waals surface area contributed by atoms with E-state index >= 15 is 0 Å². The van der Waals surface area contributed by atoms with Crippen molar-refractivity contribution in [2.45, 2.75) is 36.6 Å². The number of carbonyl (C=O) groups excluding carboxylic acids is 1. The molecule has 7 nitrogen and oxygen atoms in total. The predicted molar refractivity (Wildman–Crippen MR) is 95.3 cm³/mol. The molecule has 3 heterocycles. The molecule has 25 heavy (non-hydrogen) atoms. The Bertz CT molecular complexity index is 858. The molecule has 0 spiro atoms. The Balaban J connectivity index is 1.39. The van der Waals surface area contributed by atoms with Crippen LogP contribution in [0.2, 0.25) is 0 Å². The van der Waals surface area contributed by atoms with Gasteiger partial charge in [0.25, 0.3) is 11.1 Å². The van der Waals surface area contributed by atoms with Crippen molar-refractivity contribution in [2.75, 3.05) is 17.3 Å². The Hall–Kier alpha value is -1.39. The number of rotatable bonds is 6. The van der Waals surface area contributed by atoms with Gasteiger partial charge in [0, 0.05) is 12.1 Å². The van der Waals surface area contributed by atoms with Gasteiger partial charge in [-0.1, -0.05) is 17.8 Å². The molecule has 1 saturated carbocycles. The second-order valence-corrected chi connectivity index (χ2v) is 10.3. The van der Waals surface area contributed by atoms with E-state index in [-0.39, 0.29) is 35.2 Å². The molecular formula is C15H17N3O4S3. The van der Waals surface area contributed by atoms with Crippen LogP contribution < -0.4 is 0 Å². The summed E-state index contributed by atoms with van der Waals surface area (Å²) in [5.41, 5.74) is 0. The second kappa shape index (κ2) is 6.73. The highest BCUT2D eigenvalue weighted by atomic mass is 32.2. The summed E-state index contributed by atoms with van der Waals surface area (Å²) in [4.78, 5) is 15.3. The third-order valence-corrected chi connectivity index (χ3v) is 7.70. The number of thioether (sulfide) groups is 1. The first-order chi connectivity index (χ1) is 12.0. The first-order valence-electron chi connectivity index (χ1n) is 8.03. The monoisotopic (exact) mass is 399 g/mol. The quantitative estimate of drug-likeness (QED) is 0.686. The molecule has 1 aliphatic carbocycles. The lowest BCUT2D eigenvalue weighted by Crippen LogP contribution is -2.43. The molecule has 2 aliphatic rings. The molecule has 2 fully saturated rings. The second-order valence-electron chi connectivity index (χ2n) is 6.23. The van der Waals surface area contributed by atoms with Crippen LogP contribution in [0.5, 0.6) is 0 Å². The van der Waals surface area contributed by atoms with E-state index in [1.165, 1.54) is 23.1 Å². The average molecular weight is 400 g/mol. The number of thiophene rings is 1. The number of hydrogen-bond acceptors (Lipinski definition) is 8. The van der Waals surface area contributed by atoms with Crippen molar-refractivity contribution >= 4 is 38.8 Å². The SMILES string of the molecule is O=C(CSc1nnc(-c2cccs2)o1)N(C1CC1)[C@H]1CCS(=O)(=O)C1. The van der Waals surface area contributed by atoms with Crippen molar-refractivity contribution in [3.05, 3.63) is 17.5 Å². The summed E-state index contributed by atoms with van der Waals surface area (Å²) in [7, 11) is -3.01. The molecule has 0 unspecified atom stereocenters. The van der Waals surface area contributed by atoms with Gasteiger partial charge in [-0.15, -0.1) is 21.5 Å². The van der Waals surface area contributed by atoms with Crippen LogP contribution in [0, 0.1) is 0 Å². The topological polar surface area (TPSA) is 93.4 Å². The van der Waals surface area contributed by atoms with E-state index in [1.807, 2.05) is 17.5 Å². The molecule has 0 aromatic carbocycles. The van der Waals surface area contributed by atoms with Crippen LogP contribution in [-0.4, -0.2) is 58.8 Å². The maximum absolute atomic E-state index is 12.7. The van der Waals surface area contributed by atoms with Crippen molar-refractivity contribution in [2.24, 2.45) is 0 Å². The predicted octanol–water partition coefficient (Wildman–Crippen LogP) is 2.07. The third kappa shape index (κ3) is 3.90. The molecule has 1 aliphatic heterocycles. The van der Waals surface area contributed by atoms with Gasteiger partial charge < -0.3 is 9.32 Å². The zero-order valence-electron chi connectivity index (χ0n) is 13.3. The smallest absolute Gasteiger partial charge is 0.277 e. The number of sulfone groups is 1. The van der Waals surface area contributed by atoms with E-state index in [9.17, 15) is 13.2 Å². The molecule has 2 aromatic rings. The Labute approximate surface area is 153 Å². The van der Waals surface area contributed by atoms with E-state index < -0.39 is 9.84 Å². The molecule has 0 N–H and O–H groups in total. The minimum Gasteiger partial charge on any atom is -0.410 e. The first-order valence-corrected chi connectivity index (χ1v) is 11.7. The van der Waals surface area contributed by atoms with Gasteiger partial charge in [0.2, 0.25) is 5.91 Å². The van der Waals surface area contributed by atoms with Gasteiger partial charge in [0.15, 0.2) is 9.84 Å². The van der Waals surface area contributed by atoms with Crippen LogP contribution in [0.3, 0.4) is 0 Å². The molecule has 4 rings (SSSR count). The largest absolute Gasteiger partial charge is 0.410 e. The maximum Gasteiger partial charge on any atom is 0.277 e. The highest BCUT2D eigenvalue weighted by Gasteiger charge is 2.42. The molecule has 0 radical (unpaired) electrons. The number of carbonyl (C=O) groups is 1. The molecule has 2 aromatic heterocycles. The van der Waals surface area contributed by atoms with Gasteiger partial charge >= 0.3 is 0 Å². The Morgan fingerprint density at radius 3 is 2.80 bits per heavy atom. The summed E-state index contributed by atoms with van der Waals surface area (Å²) < 4.78 is 29.0. The minimum atomic E-state index is -3.01. The lowest BCUT2D eigenvalue weighted by atomic mass is 10.2. The van der Waals surface area contributed by atoms with Crippen LogP contribution in [0.1, 0.15) is 19.3 Å². The molecule has 10 heteroatoms. The summed E-state index contributed by atoms with van der Waals surface area (Å²) in [6.45, 7) is 0. The van der Waals surface area contributed by atoms with E-state index in [0.717, 1.165) is 17.7 Å². The molecule has 1 atom stereocenters. The maximum atomic E-state index is 12.7. The molecule has 1 amide bonds. The zero-order chi connectivity index (χ0) is 17.4. The molecule has 1 saturated heterocycles. The first kappa shape index (κ1) is 17.0. The van der Waals surface area contributed by atoms with Gasteiger partial charge in [-0.3, -0.25) is 4.79 Å². The van der Waals surface area contributed by atoms with Gasteiger partial charge in [-0.2, -0.15) is 0 Å². The van der Waals surface area contributed by atoms with E-state index in [2.05, 4.69) is 10.2 Å². The van der Waals surface area contributed by atoms with Crippen molar-refractivity contribution in [3.63, 3.8) is 0 Å². The Morgan fingerprint density at radius 2 is 2.16 bits per heavy atom. The van der Waals surface area contributed by atoms with E-state index in [1.54, 1.807) is 4.90 Å². The molecular weight excluding hydrogens is 382 g/mol. The normalized spacial score (nSPS) is 22.2. The summed E-state index contributed by atoms with van der Waals surface area (Å²) in [5.74, 6) is 0.841. The summed E-state index contributed by atoms with van der Waals surface area (Å²) in [6, 6.07) is 3.81. The highest BCUT2D eigenvalue weighted by Crippen LogP contribution is 2.33. The van der Waals surface area contributed by atoms with Crippen LogP contribution in [0.15, 0.2) is 27.2 Å². The van der Waals surface area contributed by atoms with Gasteiger partial charge in [-0.25, -0.2) is 8.42 Å². The van der Waals surface area contributed by atoms with Gasteiger partial charge in [0.05, 0.1) is 22.1 Å². The van der Waals surface area contributed by atoms with Gasteiger partial charge in [0.1, 0.15) is 0 Å². The minimum absolute atomic E-state index is 0.0505. The van der Waals surface area contributed by atoms with Crippen LogP contribution in [-0.2, 0) is 14.6 Å².